The minimum absolute atomic E-state index is 0.273. The van der Waals surface area contributed by atoms with Crippen molar-refractivity contribution in [2.45, 2.75) is 32.7 Å². The summed E-state index contributed by atoms with van der Waals surface area (Å²) in [5, 5.41) is 6.62. The molecule has 19 heavy (non-hydrogen) atoms. The Morgan fingerprint density at radius 1 is 1.47 bits per heavy atom. The summed E-state index contributed by atoms with van der Waals surface area (Å²) in [6, 6.07) is 4.37. The van der Waals surface area contributed by atoms with Crippen LogP contribution in [-0.4, -0.2) is 11.5 Å². The van der Waals surface area contributed by atoms with Crippen LogP contribution in [-0.2, 0) is 6.42 Å². The number of halogens is 1. The standard InChI is InChI=1S/C15H19ClN2S/c1-3-6-18-13(8-12-5-4-7-17-9-12)15-14(16)11(2)10-19-15/h4-5,7,9-10,13,18H,3,6,8H2,1-2H3. The van der Waals surface area contributed by atoms with Crippen molar-refractivity contribution in [3.8, 4) is 0 Å². The van der Waals surface area contributed by atoms with E-state index in [0.29, 0.717) is 0 Å². The lowest BCUT2D eigenvalue weighted by Gasteiger charge is -2.18. The van der Waals surface area contributed by atoms with E-state index in [4.69, 9.17) is 11.6 Å². The van der Waals surface area contributed by atoms with Crippen LogP contribution in [0.1, 0.15) is 35.4 Å². The van der Waals surface area contributed by atoms with E-state index in [-0.39, 0.29) is 6.04 Å². The van der Waals surface area contributed by atoms with Gasteiger partial charge in [0.05, 0.1) is 5.02 Å². The molecule has 0 fully saturated rings. The molecular formula is C15H19ClN2S. The average molecular weight is 295 g/mol. The van der Waals surface area contributed by atoms with Crippen molar-refractivity contribution >= 4 is 22.9 Å². The van der Waals surface area contributed by atoms with Crippen molar-refractivity contribution in [1.82, 2.24) is 10.3 Å². The molecule has 0 aliphatic rings. The highest BCUT2D eigenvalue weighted by Gasteiger charge is 2.18. The lowest BCUT2D eigenvalue weighted by Crippen LogP contribution is -2.23. The molecule has 0 aliphatic heterocycles. The van der Waals surface area contributed by atoms with Crippen LogP contribution in [0.5, 0.6) is 0 Å². The molecule has 2 aromatic heterocycles. The molecule has 0 bridgehead atoms. The first-order chi connectivity index (χ1) is 9.22. The summed E-state index contributed by atoms with van der Waals surface area (Å²) in [6.07, 6.45) is 5.77. The van der Waals surface area contributed by atoms with E-state index in [1.165, 1.54) is 10.4 Å². The summed E-state index contributed by atoms with van der Waals surface area (Å²) < 4.78 is 0. The third-order valence-corrected chi connectivity index (χ3v) is 4.87. The van der Waals surface area contributed by atoms with E-state index in [2.05, 4.69) is 35.6 Å². The normalized spacial score (nSPS) is 12.6. The molecule has 4 heteroatoms. The zero-order chi connectivity index (χ0) is 13.7. The number of thiophene rings is 1. The topological polar surface area (TPSA) is 24.9 Å². The highest BCUT2D eigenvalue weighted by Crippen LogP contribution is 2.33. The maximum atomic E-state index is 6.40. The summed E-state index contributed by atoms with van der Waals surface area (Å²) in [5.41, 5.74) is 2.40. The van der Waals surface area contributed by atoms with Gasteiger partial charge in [0.1, 0.15) is 0 Å². The molecule has 2 rings (SSSR count). The van der Waals surface area contributed by atoms with Crippen molar-refractivity contribution in [2.24, 2.45) is 0 Å². The first-order valence-corrected chi connectivity index (χ1v) is 7.84. The van der Waals surface area contributed by atoms with Gasteiger partial charge < -0.3 is 5.32 Å². The molecule has 0 radical (unpaired) electrons. The SMILES string of the molecule is CCCNC(Cc1cccnc1)c1scc(C)c1Cl. The van der Waals surface area contributed by atoms with E-state index >= 15 is 0 Å². The molecule has 102 valence electrons. The van der Waals surface area contributed by atoms with Gasteiger partial charge in [-0.1, -0.05) is 24.6 Å². The second-order valence-corrected chi connectivity index (χ2v) is 5.96. The largest absolute Gasteiger partial charge is 0.309 e. The van der Waals surface area contributed by atoms with Crippen molar-refractivity contribution < 1.29 is 0 Å². The van der Waals surface area contributed by atoms with Gasteiger partial charge in [0.2, 0.25) is 0 Å². The molecule has 1 atom stereocenters. The maximum Gasteiger partial charge on any atom is 0.0590 e. The summed E-state index contributed by atoms with van der Waals surface area (Å²) in [5.74, 6) is 0. The lowest BCUT2D eigenvalue weighted by atomic mass is 10.1. The fourth-order valence-corrected chi connectivity index (χ4v) is 3.42. The third kappa shape index (κ3) is 3.78. The molecule has 0 saturated carbocycles. The van der Waals surface area contributed by atoms with Gasteiger partial charge in [0.15, 0.2) is 0 Å². The van der Waals surface area contributed by atoms with Crippen LogP contribution in [0.15, 0.2) is 29.9 Å². The predicted octanol–water partition coefficient (Wildman–Crippen LogP) is 4.39. The second-order valence-electron chi connectivity index (χ2n) is 4.67. The molecule has 2 aromatic rings. The lowest BCUT2D eigenvalue weighted by molar-refractivity contribution is 0.536. The highest BCUT2D eigenvalue weighted by atomic mass is 35.5. The Morgan fingerprint density at radius 2 is 2.32 bits per heavy atom. The Morgan fingerprint density at radius 3 is 2.89 bits per heavy atom. The fraction of sp³-hybridized carbons (Fsp3) is 0.400. The van der Waals surface area contributed by atoms with Crippen LogP contribution in [0, 0.1) is 6.92 Å². The third-order valence-electron chi connectivity index (χ3n) is 3.05. The van der Waals surface area contributed by atoms with Crippen LogP contribution < -0.4 is 5.32 Å². The summed E-state index contributed by atoms with van der Waals surface area (Å²) >= 11 is 8.14. The Labute approximate surface area is 123 Å². The zero-order valence-corrected chi connectivity index (χ0v) is 12.9. The van der Waals surface area contributed by atoms with Gasteiger partial charge >= 0.3 is 0 Å². The molecule has 2 nitrogen and oxygen atoms in total. The van der Waals surface area contributed by atoms with E-state index in [1.54, 1.807) is 17.5 Å². The molecule has 0 saturated heterocycles. The van der Waals surface area contributed by atoms with Crippen LogP contribution >= 0.6 is 22.9 Å². The van der Waals surface area contributed by atoms with Crippen LogP contribution in [0.4, 0.5) is 0 Å². The predicted molar refractivity (Wildman–Crippen MR) is 83.0 cm³/mol. The monoisotopic (exact) mass is 294 g/mol. The number of aromatic nitrogens is 1. The van der Waals surface area contributed by atoms with Gasteiger partial charge in [0.25, 0.3) is 0 Å². The number of nitrogens with one attached hydrogen (secondary N) is 1. The van der Waals surface area contributed by atoms with Gasteiger partial charge in [-0.2, -0.15) is 0 Å². The molecule has 0 aliphatic carbocycles. The molecule has 2 heterocycles. The molecular weight excluding hydrogens is 276 g/mol. The van der Waals surface area contributed by atoms with Crippen LogP contribution in [0.25, 0.3) is 0 Å². The van der Waals surface area contributed by atoms with E-state index in [9.17, 15) is 0 Å². The van der Waals surface area contributed by atoms with Gasteiger partial charge in [-0.25, -0.2) is 0 Å². The number of hydrogen-bond acceptors (Lipinski definition) is 3. The molecule has 0 spiro atoms. The number of aryl methyl sites for hydroxylation is 1. The van der Waals surface area contributed by atoms with E-state index in [1.807, 2.05) is 12.3 Å². The minimum atomic E-state index is 0.273. The summed E-state index contributed by atoms with van der Waals surface area (Å²) in [6.45, 7) is 5.23. The van der Waals surface area contributed by atoms with Crippen molar-refractivity contribution in [3.63, 3.8) is 0 Å². The first kappa shape index (κ1) is 14.5. The summed E-state index contributed by atoms with van der Waals surface area (Å²) in [7, 11) is 0. The van der Waals surface area contributed by atoms with Crippen molar-refractivity contribution in [3.05, 3.63) is 50.9 Å². The maximum absolute atomic E-state index is 6.40. The molecule has 0 aromatic carbocycles. The Kier molecular flexibility index (Phi) is 5.37. The average Bonchev–Trinajstić information content (AvgIpc) is 2.76. The number of rotatable bonds is 6. The highest BCUT2D eigenvalue weighted by molar-refractivity contribution is 7.10. The Balaban J connectivity index is 2.18. The van der Waals surface area contributed by atoms with Gasteiger partial charge in [-0.3, -0.25) is 4.98 Å². The quantitative estimate of drug-likeness (QED) is 0.855. The van der Waals surface area contributed by atoms with Gasteiger partial charge in [-0.15, -0.1) is 11.3 Å². The number of pyridine rings is 1. The Bertz CT molecular complexity index is 510. The minimum Gasteiger partial charge on any atom is -0.309 e. The molecule has 0 amide bonds. The number of nitrogens with zero attached hydrogens (tertiary/aromatic N) is 1. The van der Waals surface area contributed by atoms with Gasteiger partial charge in [-0.05, 0) is 48.9 Å². The smallest absolute Gasteiger partial charge is 0.0590 e. The van der Waals surface area contributed by atoms with Crippen LogP contribution in [0.2, 0.25) is 5.02 Å². The zero-order valence-electron chi connectivity index (χ0n) is 11.3. The van der Waals surface area contributed by atoms with E-state index in [0.717, 1.165) is 30.0 Å². The molecule has 1 unspecified atom stereocenters. The first-order valence-electron chi connectivity index (χ1n) is 6.58. The van der Waals surface area contributed by atoms with Crippen LogP contribution in [0.3, 0.4) is 0 Å². The molecule has 1 N–H and O–H groups in total. The van der Waals surface area contributed by atoms with E-state index < -0.39 is 0 Å². The summed E-state index contributed by atoms with van der Waals surface area (Å²) in [4.78, 5) is 5.41. The number of hydrogen-bond donors (Lipinski definition) is 1. The van der Waals surface area contributed by atoms with Crippen molar-refractivity contribution in [2.75, 3.05) is 6.54 Å². The Hall–Kier alpha value is -0.900. The second kappa shape index (κ2) is 7.04. The van der Waals surface area contributed by atoms with Crippen molar-refractivity contribution in [1.29, 1.82) is 0 Å². The fourth-order valence-electron chi connectivity index (χ4n) is 2.02. The van der Waals surface area contributed by atoms with Gasteiger partial charge in [0, 0.05) is 23.3 Å².